The zero-order valence-corrected chi connectivity index (χ0v) is 27.9. The van der Waals surface area contributed by atoms with Crippen LogP contribution in [-0.2, 0) is 14.3 Å². The van der Waals surface area contributed by atoms with E-state index in [2.05, 4.69) is 15.2 Å². The predicted molar refractivity (Wildman–Crippen MR) is 176 cm³/mol. The number of urea groups is 1. The van der Waals surface area contributed by atoms with Crippen LogP contribution >= 0.6 is 22.9 Å². The predicted octanol–water partition coefficient (Wildman–Crippen LogP) is 5.04. The summed E-state index contributed by atoms with van der Waals surface area (Å²) in [6.07, 6.45) is 1.66. The summed E-state index contributed by atoms with van der Waals surface area (Å²) in [6.45, 7) is 7.80. The number of ether oxygens (including phenoxy) is 2. The number of nitrogens with zero attached hydrogens (tertiary/aromatic N) is 5. The van der Waals surface area contributed by atoms with Crippen LogP contribution in [0.25, 0.3) is 0 Å². The van der Waals surface area contributed by atoms with E-state index in [1.807, 2.05) is 31.1 Å². The molecule has 6 rings (SSSR count). The topological polar surface area (TPSA) is 117 Å². The van der Waals surface area contributed by atoms with Gasteiger partial charge < -0.3 is 19.7 Å². The van der Waals surface area contributed by atoms with Gasteiger partial charge in [0.2, 0.25) is 0 Å². The minimum absolute atomic E-state index is 0.103. The third kappa shape index (κ3) is 6.87. The van der Waals surface area contributed by atoms with E-state index < -0.39 is 29.4 Å². The van der Waals surface area contributed by atoms with Crippen molar-refractivity contribution in [2.24, 2.45) is 4.99 Å². The molecular weight excluding hydrogens is 647 g/mol. The highest BCUT2D eigenvalue weighted by Crippen LogP contribution is 2.37. The van der Waals surface area contributed by atoms with Gasteiger partial charge in [0, 0.05) is 66.3 Å². The number of methoxy groups -OCH3 is 1. The fourth-order valence-electron chi connectivity index (χ4n) is 5.94. The molecule has 47 heavy (non-hydrogen) atoms. The van der Waals surface area contributed by atoms with E-state index in [-0.39, 0.29) is 22.7 Å². The van der Waals surface area contributed by atoms with E-state index in [1.165, 1.54) is 36.6 Å². The lowest BCUT2D eigenvalue weighted by atomic mass is 9.95. The van der Waals surface area contributed by atoms with Gasteiger partial charge in [0.25, 0.3) is 0 Å². The number of anilines is 1. The first-order valence-electron chi connectivity index (χ1n) is 15.1. The van der Waals surface area contributed by atoms with Gasteiger partial charge in [0.05, 0.1) is 24.3 Å². The molecule has 0 radical (unpaired) electrons. The quantitative estimate of drug-likeness (QED) is 0.346. The minimum atomic E-state index is -0.862. The van der Waals surface area contributed by atoms with Gasteiger partial charge in [-0.1, -0.05) is 17.7 Å². The number of fused-ring (bicyclic) bond motifs is 1. The molecule has 4 heterocycles. The first-order valence-corrected chi connectivity index (χ1v) is 16.3. The molecule has 1 aromatic heterocycles. The summed E-state index contributed by atoms with van der Waals surface area (Å²) >= 11 is 7.87. The summed E-state index contributed by atoms with van der Waals surface area (Å²) in [7, 11) is 1.30. The molecule has 0 spiro atoms. The lowest BCUT2D eigenvalue weighted by Gasteiger charge is -2.38. The summed E-state index contributed by atoms with van der Waals surface area (Å²) in [4.78, 5) is 54.2. The number of hydrogen-bond acceptors (Lipinski definition) is 10. The summed E-state index contributed by atoms with van der Waals surface area (Å²) in [5, 5.41) is 5.90. The highest BCUT2D eigenvalue weighted by atomic mass is 35.5. The molecule has 0 saturated carbocycles. The summed E-state index contributed by atoms with van der Waals surface area (Å²) in [5.74, 6) is -1.05. The van der Waals surface area contributed by atoms with Gasteiger partial charge in [0.15, 0.2) is 10.8 Å². The van der Waals surface area contributed by atoms with Gasteiger partial charge in [-0.15, -0.1) is 11.3 Å². The second-order valence-electron chi connectivity index (χ2n) is 12.4. The lowest BCUT2D eigenvalue weighted by Crippen LogP contribution is -2.53. The van der Waals surface area contributed by atoms with Crippen molar-refractivity contribution in [1.82, 2.24) is 20.1 Å². The van der Waals surface area contributed by atoms with Gasteiger partial charge in [-0.25, -0.2) is 23.8 Å². The van der Waals surface area contributed by atoms with Crippen LogP contribution in [0.2, 0.25) is 5.02 Å². The van der Waals surface area contributed by atoms with Crippen molar-refractivity contribution >= 4 is 52.4 Å². The molecule has 246 valence electrons. The van der Waals surface area contributed by atoms with Crippen molar-refractivity contribution in [2.75, 3.05) is 44.7 Å². The molecule has 0 aliphatic carbocycles. The average molecular weight is 681 g/mol. The molecule has 1 N–H and O–H groups in total. The third-order valence-corrected chi connectivity index (χ3v) is 9.16. The van der Waals surface area contributed by atoms with Gasteiger partial charge in [-0.3, -0.25) is 14.8 Å². The van der Waals surface area contributed by atoms with Gasteiger partial charge in [-0.2, -0.15) is 0 Å². The van der Waals surface area contributed by atoms with Crippen molar-refractivity contribution in [3.8, 4) is 0 Å². The number of nitrogens with one attached hydrogen (secondary N) is 1. The lowest BCUT2D eigenvalue weighted by molar-refractivity contribution is -0.136. The van der Waals surface area contributed by atoms with E-state index in [4.69, 9.17) is 26.1 Å². The minimum Gasteiger partial charge on any atom is -0.466 e. The summed E-state index contributed by atoms with van der Waals surface area (Å²) < 4.78 is 24.7. The average Bonchev–Trinajstić information content (AvgIpc) is 3.68. The largest absolute Gasteiger partial charge is 0.466 e. The van der Waals surface area contributed by atoms with Crippen LogP contribution in [0.3, 0.4) is 0 Å². The number of amides is 2. The standard InChI is InChI=1S/C33H34ClFN6O5S/c1-33(2,3)46-30(42)19-5-8-21(9-6-19)41-17-22-16-39(12-13-40(22)32(41)44)18-25-26(31(43)45-4)27(23-10-7-20(35)15-24(23)34)38-28(37-25)29-36-11-14-47-29/h5-11,14-15,22,27H,12-13,16-18H2,1-4H3,(H,37,38)/t22-,27-/m0/s1. The van der Waals surface area contributed by atoms with Crippen molar-refractivity contribution in [3.63, 3.8) is 0 Å². The number of halogens is 2. The fourth-order valence-corrected chi connectivity index (χ4v) is 6.80. The number of piperazine rings is 1. The van der Waals surface area contributed by atoms with Crippen LogP contribution in [0, 0.1) is 5.82 Å². The van der Waals surface area contributed by atoms with Gasteiger partial charge in [0.1, 0.15) is 17.5 Å². The van der Waals surface area contributed by atoms with E-state index in [0.717, 1.165) is 0 Å². The molecule has 0 unspecified atom stereocenters. The van der Waals surface area contributed by atoms with E-state index in [0.29, 0.717) is 66.1 Å². The Balaban J connectivity index is 1.23. The van der Waals surface area contributed by atoms with Crippen LogP contribution in [0.1, 0.15) is 47.7 Å². The summed E-state index contributed by atoms with van der Waals surface area (Å²) in [6, 6.07) is 9.77. The zero-order valence-electron chi connectivity index (χ0n) is 26.3. The maximum atomic E-state index is 14.0. The number of aromatic nitrogens is 1. The van der Waals surface area contributed by atoms with Gasteiger partial charge in [-0.05, 0) is 57.2 Å². The zero-order chi connectivity index (χ0) is 33.5. The molecule has 2 atom stereocenters. The number of carbonyl (C=O) groups is 3. The van der Waals surface area contributed by atoms with Crippen LogP contribution in [0.15, 0.2) is 70.3 Å². The van der Waals surface area contributed by atoms with Crippen LogP contribution in [0.5, 0.6) is 0 Å². The number of aliphatic imine (C=N–C) groups is 1. The molecule has 14 heteroatoms. The van der Waals surface area contributed by atoms with Gasteiger partial charge >= 0.3 is 18.0 Å². The molecule has 3 aliphatic rings. The Morgan fingerprint density at radius 2 is 1.87 bits per heavy atom. The molecule has 3 aliphatic heterocycles. The molecule has 2 fully saturated rings. The Morgan fingerprint density at radius 1 is 1.11 bits per heavy atom. The molecule has 2 aromatic carbocycles. The number of carbonyl (C=O) groups excluding carboxylic acids is 3. The van der Waals surface area contributed by atoms with Crippen LogP contribution in [-0.4, -0.2) is 90.1 Å². The Hall–Kier alpha value is -4.33. The van der Waals surface area contributed by atoms with Crippen molar-refractivity contribution in [1.29, 1.82) is 0 Å². The number of thiazole rings is 1. The molecule has 2 amide bonds. The SMILES string of the molecule is COC(=O)C1=C(CN2CCN3C(=O)N(c4ccc(C(=O)OC(C)(C)C)cc4)C[C@@H]3C2)NC(c2nccs2)=N[C@H]1c1ccc(F)cc1Cl. The van der Waals surface area contributed by atoms with Crippen molar-refractivity contribution in [3.05, 3.63) is 92.3 Å². The first-order chi connectivity index (χ1) is 22.4. The van der Waals surface area contributed by atoms with Crippen molar-refractivity contribution in [2.45, 2.75) is 38.5 Å². The maximum absolute atomic E-state index is 14.0. The smallest absolute Gasteiger partial charge is 0.338 e. The fraction of sp³-hybridized carbons (Fsp3) is 0.364. The number of hydrogen-bond donors (Lipinski definition) is 1. The number of rotatable bonds is 7. The number of amidine groups is 1. The Labute approximate surface area is 280 Å². The molecule has 3 aromatic rings. The second-order valence-corrected chi connectivity index (χ2v) is 13.7. The molecule has 0 bridgehead atoms. The highest BCUT2D eigenvalue weighted by Gasteiger charge is 2.42. The highest BCUT2D eigenvalue weighted by molar-refractivity contribution is 7.11. The third-order valence-electron chi connectivity index (χ3n) is 8.06. The number of benzene rings is 2. The Morgan fingerprint density at radius 3 is 2.53 bits per heavy atom. The maximum Gasteiger partial charge on any atom is 0.338 e. The first kappa shape index (κ1) is 32.6. The Kier molecular flexibility index (Phi) is 9.05. The van der Waals surface area contributed by atoms with Crippen LogP contribution < -0.4 is 10.2 Å². The number of esters is 2. The molecule has 11 nitrogen and oxygen atoms in total. The molecular formula is C33H34ClFN6O5S. The Bertz CT molecular complexity index is 1760. The normalized spacial score (nSPS) is 20.1. The second kappa shape index (κ2) is 13.1. The summed E-state index contributed by atoms with van der Waals surface area (Å²) in [5.41, 5.74) is 1.78. The molecule has 2 saturated heterocycles. The van der Waals surface area contributed by atoms with E-state index >= 15 is 0 Å². The monoisotopic (exact) mass is 680 g/mol. The van der Waals surface area contributed by atoms with Crippen molar-refractivity contribution < 1.29 is 28.2 Å². The van der Waals surface area contributed by atoms with E-state index in [1.54, 1.807) is 35.4 Å². The van der Waals surface area contributed by atoms with Crippen LogP contribution in [0.4, 0.5) is 14.9 Å². The van der Waals surface area contributed by atoms with E-state index in [9.17, 15) is 18.8 Å².